The van der Waals surface area contributed by atoms with Crippen LogP contribution in [0, 0.1) is 5.92 Å². The van der Waals surface area contributed by atoms with Crippen molar-refractivity contribution in [1.29, 1.82) is 0 Å². The van der Waals surface area contributed by atoms with E-state index >= 15 is 0 Å². The van der Waals surface area contributed by atoms with Crippen molar-refractivity contribution in [3.05, 3.63) is 0 Å². The van der Waals surface area contributed by atoms with Crippen molar-refractivity contribution in [2.45, 2.75) is 51.6 Å². The van der Waals surface area contributed by atoms with Crippen LogP contribution in [0.2, 0.25) is 0 Å². The van der Waals surface area contributed by atoms with Gasteiger partial charge >= 0.3 is 0 Å². The smallest absolute Gasteiger partial charge is 0.107 e. The maximum Gasteiger partial charge on any atom is 0.107 e. The quantitative estimate of drug-likeness (QED) is 0.691. The Bertz CT molecular complexity index is 145. The van der Waals surface area contributed by atoms with Gasteiger partial charge < -0.3 is 5.32 Å². The van der Waals surface area contributed by atoms with Gasteiger partial charge in [-0.1, -0.05) is 6.92 Å². The summed E-state index contributed by atoms with van der Waals surface area (Å²) >= 11 is 0. The molecule has 0 amide bonds. The molecule has 2 heteroatoms. The van der Waals surface area contributed by atoms with E-state index in [1.165, 1.54) is 19.3 Å². The van der Waals surface area contributed by atoms with Gasteiger partial charge in [-0.15, -0.1) is 0 Å². The van der Waals surface area contributed by atoms with E-state index in [2.05, 4.69) is 12.2 Å². The summed E-state index contributed by atoms with van der Waals surface area (Å²) in [6.45, 7) is 5.84. The van der Waals surface area contributed by atoms with E-state index in [-0.39, 0.29) is 12.2 Å². The molecule has 12 heavy (non-hydrogen) atoms. The molecule has 0 aromatic carbocycles. The van der Waals surface area contributed by atoms with Crippen LogP contribution in [0.4, 0.5) is 4.39 Å². The minimum atomic E-state index is -0.325. The molecule has 0 aromatic heterocycles. The highest BCUT2D eigenvalue weighted by atomic mass is 19.1. The first-order valence-corrected chi connectivity index (χ1v) is 4.87. The predicted molar refractivity (Wildman–Crippen MR) is 50.0 cm³/mol. The first kappa shape index (κ1) is 9.97. The molecule has 0 bridgehead atoms. The number of hydrogen-bond donors (Lipinski definition) is 1. The fourth-order valence-corrected chi connectivity index (χ4v) is 1.93. The van der Waals surface area contributed by atoms with Crippen LogP contribution in [-0.4, -0.2) is 18.3 Å². The molecular formula is C10H20FN. The lowest BCUT2D eigenvalue weighted by Gasteiger charge is -2.27. The molecule has 0 aliphatic heterocycles. The summed E-state index contributed by atoms with van der Waals surface area (Å²) in [6.07, 6.45) is 3.72. The van der Waals surface area contributed by atoms with Crippen molar-refractivity contribution in [2.75, 3.05) is 6.67 Å². The maximum absolute atomic E-state index is 12.5. The zero-order valence-electron chi connectivity index (χ0n) is 8.36. The van der Waals surface area contributed by atoms with Crippen LogP contribution in [-0.2, 0) is 0 Å². The predicted octanol–water partition coefficient (Wildman–Crippen LogP) is 2.51. The molecule has 0 aromatic rings. The maximum atomic E-state index is 12.5. The molecule has 0 saturated heterocycles. The average molecular weight is 173 g/mol. The van der Waals surface area contributed by atoms with Gasteiger partial charge in [0.2, 0.25) is 0 Å². The fourth-order valence-electron chi connectivity index (χ4n) is 1.93. The van der Waals surface area contributed by atoms with Crippen molar-refractivity contribution >= 4 is 0 Å². The second-order valence-corrected chi connectivity index (χ2v) is 4.78. The lowest BCUT2D eigenvalue weighted by Crippen LogP contribution is -2.46. The third kappa shape index (κ3) is 2.74. The highest BCUT2D eigenvalue weighted by Crippen LogP contribution is 2.26. The van der Waals surface area contributed by atoms with E-state index in [1.54, 1.807) is 0 Å². The Kier molecular flexibility index (Phi) is 3.10. The molecule has 1 aliphatic carbocycles. The normalized spacial score (nSPS) is 31.0. The van der Waals surface area contributed by atoms with E-state index in [4.69, 9.17) is 0 Å². The van der Waals surface area contributed by atoms with Gasteiger partial charge in [-0.25, -0.2) is 4.39 Å². The fraction of sp³-hybridized carbons (Fsp3) is 1.00. The largest absolute Gasteiger partial charge is 0.307 e. The zero-order chi connectivity index (χ0) is 9.19. The molecule has 2 unspecified atom stereocenters. The monoisotopic (exact) mass is 173 g/mol. The van der Waals surface area contributed by atoms with Crippen molar-refractivity contribution in [3.63, 3.8) is 0 Å². The minimum Gasteiger partial charge on any atom is -0.307 e. The second-order valence-electron chi connectivity index (χ2n) is 4.78. The molecule has 0 heterocycles. The minimum absolute atomic E-state index is 0.280. The van der Waals surface area contributed by atoms with Gasteiger partial charge in [0, 0.05) is 11.6 Å². The van der Waals surface area contributed by atoms with Crippen molar-refractivity contribution in [1.82, 2.24) is 5.32 Å². The average Bonchev–Trinajstić information content (AvgIpc) is 2.35. The molecule has 1 aliphatic rings. The summed E-state index contributed by atoms with van der Waals surface area (Å²) in [4.78, 5) is 0. The van der Waals surface area contributed by atoms with Crippen LogP contribution in [0.5, 0.6) is 0 Å². The van der Waals surface area contributed by atoms with Crippen molar-refractivity contribution in [2.24, 2.45) is 5.92 Å². The van der Waals surface area contributed by atoms with E-state index in [0.717, 1.165) is 5.92 Å². The number of nitrogens with one attached hydrogen (secondary N) is 1. The van der Waals surface area contributed by atoms with E-state index in [9.17, 15) is 4.39 Å². The first-order chi connectivity index (χ1) is 5.53. The van der Waals surface area contributed by atoms with Crippen molar-refractivity contribution < 1.29 is 4.39 Å². The Morgan fingerprint density at radius 1 is 1.42 bits per heavy atom. The molecule has 0 spiro atoms. The molecule has 1 rings (SSSR count). The summed E-state index contributed by atoms with van der Waals surface area (Å²) in [5.74, 6) is 0.818. The van der Waals surface area contributed by atoms with E-state index in [1.807, 2.05) is 13.8 Å². The first-order valence-electron chi connectivity index (χ1n) is 4.87. The van der Waals surface area contributed by atoms with Gasteiger partial charge in [0.05, 0.1) is 0 Å². The van der Waals surface area contributed by atoms with Gasteiger partial charge in [-0.3, -0.25) is 0 Å². The SMILES string of the molecule is CC1CCC(NC(C)(C)CF)C1. The summed E-state index contributed by atoms with van der Waals surface area (Å²) in [5.41, 5.74) is -0.325. The Morgan fingerprint density at radius 2 is 2.08 bits per heavy atom. The Hall–Kier alpha value is -0.110. The van der Waals surface area contributed by atoms with Crippen LogP contribution in [0.3, 0.4) is 0 Å². The Balaban J connectivity index is 2.32. The molecule has 72 valence electrons. The van der Waals surface area contributed by atoms with Gasteiger partial charge in [0.15, 0.2) is 0 Å². The number of rotatable bonds is 3. The van der Waals surface area contributed by atoms with Crippen molar-refractivity contribution in [3.8, 4) is 0 Å². The van der Waals surface area contributed by atoms with Gasteiger partial charge in [-0.2, -0.15) is 0 Å². The molecule has 2 atom stereocenters. The molecule has 1 nitrogen and oxygen atoms in total. The zero-order valence-corrected chi connectivity index (χ0v) is 8.36. The van der Waals surface area contributed by atoms with Gasteiger partial charge in [0.1, 0.15) is 6.67 Å². The third-order valence-electron chi connectivity index (χ3n) is 2.62. The van der Waals surface area contributed by atoms with Crippen LogP contribution < -0.4 is 5.32 Å². The molecule has 0 radical (unpaired) electrons. The van der Waals surface area contributed by atoms with Gasteiger partial charge in [-0.05, 0) is 39.0 Å². The summed E-state index contributed by atoms with van der Waals surface area (Å²) in [5, 5.41) is 3.36. The third-order valence-corrected chi connectivity index (χ3v) is 2.62. The Labute approximate surface area is 74.7 Å². The molecule has 1 N–H and O–H groups in total. The topological polar surface area (TPSA) is 12.0 Å². The second kappa shape index (κ2) is 3.73. The number of alkyl halides is 1. The molecule has 1 fully saturated rings. The number of hydrogen-bond acceptors (Lipinski definition) is 1. The van der Waals surface area contributed by atoms with Crippen LogP contribution in [0.25, 0.3) is 0 Å². The summed E-state index contributed by atoms with van der Waals surface area (Å²) in [6, 6.07) is 0.547. The summed E-state index contributed by atoms with van der Waals surface area (Å²) < 4.78 is 12.5. The Morgan fingerprint density at radius 3 is 2.50 bits per heavy atom. The lowest BCUT2D eigenvalue weighted by molar-refractivity contribution is 0.258. The van der Waals surface area contributed by atoms with Gasteiger partial charge in [0.25, 0.3) is 0 Å². The van der Waals surface area contributed by atoms with E-state index in [0.29, 0.717) is 6.04 Å². The standard InChI is InChI=1S/C10H20FN/c1-8-4-5-9(6-8)12-10(2,3)7-11/h8-9,12H,4-7H2,1-3H3. The number of halogens is 1. The highest BCUT2D eigenvalue weighted by molar-refractivity contribution is 4.86. The highest BCUT2D eigenvalue weighted by Gasteiger charge is 2.27. The van der Waals surface area contributed by atoms with E-state index < -0.39 is 0 Å². The summed E-state index contributed by atoms with van der Waals surface area (Å²) in [7, 11) is 0. The van der Waals surface area contributed by atoms with Crippen LogP contribution in [0.15, 0.2) is 0 Å². The lowest BCUT2D eigenvalue weighted by atomic mass is 10.0. The van der Waals surface area contributed by atoms with Crippen LogP contribution >= 0.6 is 0 Å². The molecular weight excluding hydrogens is 153 g/mol. The molecule has 1 saturated carbocycles. The van der Waals surface area contributed by atoms with Crippen LogP contribution in [0.1, 0.15) is 40.0 Å².